The molecule has 3 aromatic rings. The van der Waals surface area contributed by atoms with E-state index < -0.39 is 22.8 Å². The van der Waals surface area contributed by atoms with Crippen molar-refractivity contribution in [2.45, 2.75) is 39.3 Å². The number of fused-ring (bicyclic) bond motifs is 1. The van der Waals surface area contributed by atoms with Crippen LogP contribution >= 0.6 is 0 Å². The zero-order valence-electron chi connectivity index (χ0n) is 15.4. The third kappa shape index (κ3) is 2.80. The number of ether oxygens (including phenoxy) is 1. The quantitative estimate of drug-likeness (QED) is 0.504. The Bertz CT molecular complexity index is 1220. The van der Waals surface area contributed by atoms with Gasteiger partial charge in [0, 0.05) is 17.7 Å². The molecule has 1 aliphatic rings. The largest absolute Gasteiger partial charge is 0.477 e. The van der Waals surface area contributed by atoms with Gasteiger partial charge in [-0.1, -0.05) is 0 Å². The summed E-state index contributed by atoms with van der Waals surface area (Å²) in [5.74, 6) is -0.915. The van der Waals surface area contributed by atoms with Crippen LogP contribution in [0.4, 0.5) is 0 Å². The van der Waals surface area contributed by atoms with Crippen LogP contribution in [0.2, 0.25) is 0 Å². The zero-order valence-corrected chi connectivity index (χ0v) is 15.4. The van der Waals surface area contributed by atoms with E-state index >= 15 is 0 Å². The van der Waals surface area contributed by atoms with Gasteiger partial charge in [0.2, 0.25) is 5.88 Å². The molecule has 0 fully saturated rings. The highest BCUT2D eigenvalue weighted by atomic mass is 16.5. The Kier molecular flexibility index (Phi) is 3.77. The molecule has 0 aliphatic carbocycles. The van der Waals surface area contributed by atoms with Crippen LogP contribution in [0.5, 0.6) is 5.88 Å². The molecule has 4 heterocycles. The second kappa shape index (κ2) is 5.94. The smallest absolute Gasteiger partial charge is 0.353 e. The number of hydrogen-bond acceptors (Lipinski definition) is 6. The predicted molar refractivity (Wildman–Crippen MR) is 96.7 cm³/mol. The molecule has 0 saturated carbocycles. The van der Waals surface area contributed by atoms with E-state index in [9.17, 15) is 14.4 Å². The fourth-order valence-electron chi connectivity index (χ4n) is 3.58. The first-order valence-electron chi connectivity index (χ1n) is 8.54. The normalized spacial score (nSPS) is 18.1. The molecule has 0 spiro atoms. The molecule has 0 bridgehead atoms. The zero-order chi connectivity index (χ0) is 20.2. The first-order valence-corrected chi connectivity index (χ1v) is 8.54. The number of carbonyl (C=O) groups is 1. The summed E-state index contributed by atoms with van der Waals surface area (Å²) in [7, 11) is 0. The summed E-state index contributed by atoms with van der Waals surface area (Å²) in [4.78, 5) is 39.3. The van der Waals surface area contributed by atoms with Gasteiger partial charge in [-0.3, -0.25) is 24.5 Å². The van der Waals surface area contributed by atoms with Crippen LogP contribution in [0.3, 0.4) is 0 Å². The molecule has 0 amide bonds. The summed E-state index contributed by atoms with van der Waals surface area (Å²) in [6.07, 6.45) is 0.313. The van der Waals surface area contributed by atoms with Crippen LogP contribution in [0.1, 0.15) is 34.4 Å². The Morgan fingerprint density at radius 2 is 2.11 bits per heavy atom. The summed E-state index contributed by atoms with van der Waals surface area (Å²) >= 11 is 0. The lowest BCUT2D eigenvalue weighted by molar-refractivity contribution is 0.0690. The Morgan fingerprint density at radius 3 is 2.79 bits per heavy atom. The van der Waals surface area contributed by atoms with Gasteiger partial charge in [-0.25, -0.2) is 9.59 Å². The molecule has 11 nitrogen and oxygen atoms in total. The molecule has 0 saturated heterocycles. The Morgan fingerprint density at radius 1 is 1.36 bits per heavy atom. The molecular weight excluding hydrogens is 368 g/mol. The van der Waals surface area contributed by atoms with Crippen LogP contribution in [-0.2, 0) is 13.0 Å². The van der Waals surface area contributed by atoms with Crippen molar-refractivity contribution in [3.63, 3.8) is 0 Å². The number of aromatic carboxylic acids is 1. The van der Waals surface area contributed by atoms with Gasteiger partial charge < -0.3 is 9.84 Å². The predicted octanol–water partition coefficient (Wildman–Crippen LogP) is 0.359. The van der Waals surface area contributed by atoms with E-state index in [1.54, 1.807) is 4.68 Å². The number of aromatic nitrogens is 6. The fourth-order valence-corrected chi connectivity index (χ4v) is 3.58. The number of carboxylic acids is 1. The minimum Gasteiger partial charge on any atom is -0.477 e. The van der Waals surface area contributed by atoms with Gasteiger partial charge in [-0.15, -0.1) is 0 Å². The molecule has 0 aromatic carbocycles. The van der Waals surface area contributed by atoms with E-state index in [1.807, 2.05) is 20.8 Å². The van der Waals surface area contributed by atoms with Gasteiger partial charge in [0.25, 0.3) is 5.56 Å². The number of rotatable bonds is 4. The average Bonchev–Trinajstić information content (AvgIpc) is 3.25. The van der Waals surface area contributed by atoms with Gasteiger partial charge in [0.1, 0.15) is 11.3 Å². The fraction of sp³-hybridized carbons (Fsp3) is 0.353. The van der Waals surface area contributed by atoms with Crippen LogP contribution in [0.15, 0.2) is 15.7 Å². The van der Waals surface area contributed by atoms with Crippen LogP contribution in [0.25, 0.3) is 11.3 Å². The van der Waals surface area contributed by atoms with Crippen molar-refractivity contribution in [1.82, 2.24) is 29.9 Å². The van der Waals surface area contributed by atoms with Gasteiger partial charge in [-0.05, 0) is 26.8 Å². The lowest BCUT2D eigenvalue weighted by Gasteiger charge is -2.24. The van der Waals surface area contributed by atoms with Crippen molar-refractivity contribution in [3.05, 3.63) is 49.5 Å². The number of carboxylic acid groups (broad SMARTS) is 1. The van der Waals surface area contributed by atoms with Gasteiger partial charge >= 0.3 is 11.7 Å². The average molecular weight is 386 g/mol. The Balaban J connectivity index is 1.66. The maximum Gasteiger partial charge on any atom is 0.353 e. The van der Waals surface area contributed by atoms with E-state index in [1.165, 1.54) is 6.07 Å². The summed E-state index contributed by atoms with van der Waals surface area (Å²) in [6.45, 7) is 5.82. The third-order valence-electron chi connectivity index (χ3n) is 4.83. The Hall–Kier alpha value is -3.63. The maximum atomic E-state index is 12.0. The molecule has 11 heteroatoms. The number of aromatic amines is 3. The minimum absolute atomic E-state index is 0.00809. The molecule has 0 radical (unpaired) electrons. The standard InChI is InChI=1S/C17H18N6O5/c1-7-12(10-4-11(15(25)26)21-20-10)8(2)23(22-7)6-17(3)5-9-13(24)18-16(27)19-14(9)28-17/h4H,5-6H2,1-3H3,(H,20,21)(H,25,26)(H2,18,19,24,27). The van der Waals surface area contributed by atoms with E-state index in [-0.39, 0.29) is 11.6 Å². The summed E-state index contributed by atoms with van der Waals surface area (Å²) < 4.78 is 7.60. The molecule has 1 aliphatic heterocycles. The van der Waals surface area contributed by atoms with E-state index in [0.29, 0.717) is 29.9 Å². The summed E-state index contributed by atoms with van der Waals surface area (Å²) in [6, 6.07) is 1.46. The number of nitrogens with zero attached hydrogens (tertiary/aromatic N) is 3. The monoisotopic (exact) mass is 386 g/mol. The van der Waals surface area contributed by atoms with Gasteiger partial charge in [-0.2, -0.15) is 10.2 Å². The van der Waals surface area contributed by atoms with E-state index in [0.717, 1.165) is 11.3 Å². The lowest BCUT2D eigenvalue weighted by atomic mass is 10.0. The molecule has 1 unspecified atom stereocenters. The summed E-state index contributed by atoms with van der Waals surface area (Å²) in [5.41, 5.74) is 1.21. The first kappa shape index (κ1) is 17.8. The molecule has 146 valence electrons. The van der Waals surface area contributed by atoms with Crippen LogP contribution in [0, 0.1) is 13.8 Å². The lowest BCUT2D eigenvalue weighted by Crippen LogP contribution is -2.37. The molecule has 4 rings (SSSR count). The Labute approximate surface area is 157 Å². The second-order valence-corrected chi connectivity index (χ2v) is 7.12. The maximum absolute atomic E-state index is 12.0. The topological polar surface area (TPSA) is 159 Å². The number of H-pyrrole nitrogens is 3. The highest BCUT2D eigenvalue weighted by molar-refractivity contribution is 5.87. The number of aryl methyl sites for hydroxylation is 1. The SMILES string of the molecule is Cc1nn(CC2(C)Cc3c([nH]c(=O)[nH]c3=O)O2)c(C)c1-c1cc(C(=O)O)[nH]n1. The van der Waals surface area contributed by atoms with Crippen molar-refractivity contribution in [3.8, 4) is 17.1 Å². The number of nitrogens with one attached hydrogen (secondary N) is 3. The van der Waals surface area contributed by atoms with Crippen molar-refractivity contribution < 1.29 is 14.6 Å². The highest BCUT2D eigenvalue weighted by Crippen LogP contribution is 2.33. The van der Waals surface area contributed by atoms with E-state index in [2.05, 4.69) is 25.3 Å². The minimum atomic E-state index is -1.09. The molecule has 3 aromatic heterocycles. The van der Waals surface area contributed by atoms with Crippen LogP contribution in [-0.4, -0.2) is 46.6 Å². The van der Waals surface area contributed by atoms with Crippen molar-refractivity contribution in [2.24, 2.45) is 0 Å². The first-order chi connectivity index (χ1) is 13.2. The van der Waals surface area contributed by atoms with Crippen molar-refractivity contribution in [1.29, 1.82) is 0 Å². The molecular formula is C17H18N6O5. The molecule has 1 atom stereocenters. The number of hydrogen-bond donors (Lipinski definition) is 4. The second-order valence-electron chi connectivity index (χ2n) is 7.12. The van der Waals surface area contributed by atoms with Crippen molar-refractivity contribution in [2.75, 3.05) is 0 Å². The molecule has 4 N–H and O–H groups in total. The van der Waals surface area contributed by atoms with Gasteiger partial charge in [0.05, 0.1) is 23.5 Å². The van der Waals surface area contributed by atoms with Crippen molar-refractivity contribution >= 4 is 5.97 Å². The highest BCUT2D eigenvalue weighted by Gasteiger charge is 2.39. The summed E-state index contributed by atoms with van der Waals surface area (Å²) in [5, 5.41) is 20.2. The van der Waals surface area contributed by atoms with Gasteiger partial charge in [0.15, 0.2) is 0 Å². The third-order valence-corrected chi connectivity index (χ3v) is 4.83. The molecule has 28 heavy (non-hydrogen) atoms. The van der Waals surface area contributed by atoms with E-state index in [4.69, 9.17) is 9.84 Å². The van der Waals surface area contributed by atoms with Crippen LogP contribution < -0.4 is 16.0 Å².